The molecule has 3 nitrogen and oxygen atoms in total. The van der Waals surface area contributed by atoms with Gasteiger partial charge in [-0.05, 0) is 25.7 Å². The van der Waals surface area contributed by atoms with Gasteiger partial charge in [0.25, 0.3) is 0 Å². The van der Waals surface area contributed by atoms with Crippen molar-refractivity contribution in [3.63, 3.8) is 0 Å². The molecule has 0 aromatic carbocycles. The molecule has 2 fully saturated rings. The Bertz CT molecular complexity index is 313. The van der Waals surface area contributed by atoms with E-state index in [-0.39, 0.29) is 18.6 Å². The summed E-state index contributed by atoms with van der Waals surface area (Å²) in [5, 5.41) is 3.07. The van der Waals surface area contributed by atoms with Crippen LogP contribution in [0.3, 0.4) is 0 Å². The maximum Gasteiger partial charge on any atom is 0.391 e. The minimum Gasteiger partial charge on any atom is -0.323 e. The molecule has 1 aliphatic carbocycles. The quantitative estimate of drug-likeness (QED) is 0.848. The number of rotatable bonds is 3. The Balaban J connectivity index is 2.04. The molecular weight excluding hydrogens is 245 g/mol. The summed E-state index contributed by atoms with van der Waals surface area (Å²) in [4.78, 5) is 13.2. The van der Waals surface area contributed by atoms with Gasteiger partial charge >= 0.3 is 6.18 Å². The van der Waals surface area contributed by atoms with Gasteiger partial charge in [0, 0.05) is 6.04 Å². The molecule has 2 rings (SSSR count). The van der Waals surface area contributed by atoms with Gasteiger partial charge in [-0.25, -0.2) is 0 Å². The van der Waals surface area contributed by atoms with Gasteiger partial charge in [0.15, 0.2) is 0 Å². The first-order valence-corrected chi connectivity index (χ1v) is 6.50. The lowest BCUT2D eigenvalue weighted by molar-refractivity contribution is -0.153. The molecule has 2 atom stereocenters. The van der Waals surface area contributed by atoms with Gasteiger partial charge in [0.05, 0.1) is 19.1 Å². The second-order valence-corrected chi connectivity index (χ2v) is 5.34. The normalized spacial score (nSPS) is 28.1. The van der Waals surface area contributed by atoms with Crippen molar-refractivity contribution in [1.82, 2.24) is 10.2 Å². The topological polar surface area (TPSA) is 32.3 Å². The molecule has 0 spiro atoms. The highest BCUT2D eigenvalue weighted by atomic mass is 19.4. The highest BCUT2D eigenvalue weighted by Gasteiger charge is 2.42. The Labute approximate surface area is 105 Å². The van der Waals surface area contributed by atoms with Crippen LogP contribution in [0.2, 0.25) is 0 Å². The number of nitrogens with zero attached hydrogens (tertiary/aromatic N) is 1. The summed E-state index contributed by atoms with van der Waals surface area (Å²) in [5.41, 5.74) is 0. The molecule has 18 heavy (non-hydrogen) atoms. The van der Waals surface area contributed by atoms with E-state index in [0.717, 1.165) is 25.7 Å². The summed E-state index contributed by atoms with van der Waals surface area (Å²) < 4.78 is 37.3. The highest BCUT2D eigenvalue weighted by Crippen LogP contribution is 2.33. The molecule has 2 aliphatic rings. The zero-order valence-corrected chi connectivity index (χ0v) is 10.5. The first-order chi connectivity index (χ1) is 8.38. The molecule has 2 unspecified atom stereocenters. The minimum atomic E-state index is -4.22. The Morgan fingerprint density at radius 3 is 2.56 bits per heavy atom. The highest BCUT2D eigenvalue weighted by molar-refractivity contribution is 5.81. The van der Waals surface area contributed by atoms with Crippen molar-refractivity contribution in [2.24, 2.45) is 5.92 Å². The fraction of sp³-hybridized carbons (Fsp3) is 0.917. The summed E-state index contributed by atoms with van der Waals surface area (Å²) in [5.74, 6) is 0.107. The van der Waals surface area contributed by atoms with Crippen molar-refractivity contribution < 1.29 is 18.0 Å². The molecule has 1 aliphatic heterocycles. The maximum atomic E-state index is 12.4. The first-order valence-electron chi connectivity index (χ1n) is 6.50. The average Bonchev–Trinajstić information content (AvgIpc) is 2.82. The van der Waals surface area contributed by atoms with Crippen molar-refractivity contribution in [1.29, 1.82) is 0 Å². The molecule has 0 aromatic rings. The number of carbonyl (C=O) groups excluding carboxylic acids is 1. The Hall–Kier alpha value is -0.780. The molecule has 0 aromatic heterocycles. The number of amides is 1. The second kappa shape index (κ2) is 5.07. The van der Waals surface area contributed by atoms with Gasteiger partial charge in [-0.1, -0.05) is 12.8 Å². The molecule has 0 radical (unpaired) electrons. The molecule has 1 heterocycles. The van der Waals surface area contributed by atoms with E-state index in [2.05, 4.69) is 5.32 Å². The maximum absolute atomic E-state index is 12.4. The van der Waals surface area contributed by atoms with Gasteiger partial charge in [0.1, 0.15) is 0 Å². The molecule has 1 saturated carbocycles. The largest absolute Gasteiger partial charge is 0.391 e. The molecule has 0 bridgehead atoms. The minimum absolute atomic E-state index is 0.170. The number of halogens is 3. The Morgan fingerprint density at radius 1 is 1.39 bits per heavy atom. The molecule has 1 N–H and O–H groups in total. The Kier molecular flexibility index (Phi) is 3.84. The van der Waals surface area contributed by atoms with E-state index in [4.69, 9.17) is 0 Å². The summed E-state index contributed by atoms with van der Waals surface area (Å²) in [6, 6.07) is -0.780. The lowest BCUT2D eigenvalue weighted by Crippen LogP contribution is -2.48. The predicted molar refractivity (Wildman–Crippen MR) is 60.7 cm³/mol. The van der Waals surface area contributed by atoms with E-state index in [9.17, 15) is 18.0 Å². The van der Waals surface area contributed by atoms with Crippen LogP contribution in [0.25, 0.3) is 0 Å². The first kappa shape index (κ1) is 13.6. The van der Waals surface area contributed by atoms with Crippen LogP contribution in [0.15, 0.2) is 0 Å². The smallest absolute Gasteiger partial charge is 0.323 e. The molecule has 1 saturated heterocycles. The van der Waals surface area contributed by atoms with Crippen molar-refractivity contribution >= 4 is 5.91 Å². The fourth-order valence-electron chi connectivity index (χ4n) is 3.16. The zero-order chi connectivity index (χ0) is 13.3. The standard InChI is InChI=1S/C12H19F3N2O/c1-8(6-12(13,14)15)17-10(18)7-16-11(17)9-4-2-3-5-9/h8-9,11,16H,2-7H2,1H3. The molecule has 1 amide bonds. The third-order valence-electron chi connectivity index (χ3n) is 3.90. The Morgan fingerprint density at radius 2 is 2.00 bits per heavy atom. The number of hydrogen-bond acceptors (Lipinski definition) is 2. The van der Waals surface area contributed by atoms with Gasteiger partial charge in [-0.15, -0.1) is 0 Å². The van der Waals surface area contributed by atoms with E-state index in [1.54, 1.807) is 0 Å². The van der Waals surface area contributed by atoms with E-state index >= 15 is 0 Å². The molecule has 104 valence electrons. The third-order valence-corrected chi connectivity index (χ3v) is 3.90. The van der Waals surface area contributed by atoms with E-state index < -0.39 is 18.6 Å². The van der Waals surface area contributed by atoms with E-state index in [1.807, 2.05) is 0 Å². The summed E-state index contributed by atoms with van der Waals surface area (Å²) in [6.07, 6.45) is -1.12. The van der Waals surface area contributed by atoms with E-state index in [1.165, 1.54) is 11.8 Å². The number of carbonyl (C=O) groups is 1. The lowest BCUT2D eigenvalue weighted by atomic mass is 10.0. The average molecular weight is 264 g/mol. The van der Waals surface area contributed by atoms with Gasteiger partial charge < -0.3 is 4.90 Å². The van der Waals surface area contributed by atoms with Crippen LogP contribution < -0.4 is 5.32 Å². The van der Waals surface area contributed by atoms with Crippen LogP contribution in [0.4, 0.5) is 13.2 Å². The number of alkyl halides is 3. The van der Waals surface area contributed by atoms with Gasteiger partial charge in [-0.2, -0.15) is 13.2 Å². The van der Waals surface area contributed by atoms with Crippen LogP contribution in [-0.4, -0.2) is 35.7 Å². The predicted octanol–water partition coefficient (Wildman–Crippen LogP) is 2.28. The van der Waals surface area contributed by atoms with Crippen molar-refractivity contribution in [3.05, 3.63) is 0 Å². The summed E-state index contributed by atoms with van der Waals surface area (Å²) in [6.45, 7) is 1.66. The van der Waals surface area contributed by atoms with Gasteiger partial charge in [-0.3, -0.25) is 10.1 Å². The van der Waals surface area contributed by atoms with Crippen LogP contribution in [0, 0.1) is 5.92 Å². The van der Waals surface area contributed by atoms with Crippen LogP contribution in [-0.2, 0) is 4.79 Å². The van der Waals surface area contributed by atoms with Crippen LogP contribution >= 0.6 is 0 Å². The van der Waals surface area contributed by atoms with Crippen LogP contribution in [0.5, 0.6) is 0 Å². The second-order valence-electron chi connectivity index (χ2n) is 5.34. The van der Waals surface area contributed by atoms with Crippen molar-refractivity contribution in [2.75, 3.05) is 6.54 Å². The fourth-order valence-corrected chi connectivity index (χ4v) is 3.16. The van der Waals surface area contributed by atoms with Crippen LogP contribution in [0.1, 0.15) is 39.0 Å². The lowest BCUT2D eigenvalue weighted by Gasteiger charge is -2.34. The zero-order valence-electron chi connectivity index (χ0n) is 10.5. The number of hydrogen-bond donors (Lipinski definition) is 1. The summed E-state index contributed by atoms with van der Waals surface area (Å²) in [7, 11) is 0. The van der Waals surface area contributed by atoms with Crippen molar-refractivity contribution in [2.45, 2.75) is 57.4 Å². The third kappa shape index (κ3) is 2.96. The SMILES string of the molecule is CC(CC(F)(F)F)N1C(=O)CNC1C1CCCC1. The monoisotopic (exact) mass is 264 g/mol. The van der Waals surface area contributed by atoms with Crippen molar-refractivity contribution in [3.8, 4) is 0 Å². The van der Waals surface area contributed by atoms with E-state index in [0.29, 0.717) is 5.92 Å². The summed E-state index contributed by atoms with van der Waals surface area (Å²) >= 11 is 0. The number of nitrogens with one attached hydrogen (secondary N) is 1. The molecule has 6 heteroatoms. The van der Waals surface area contributed by atoms with Gasteiger partial charge in [0.2, 0.25) is 5.91 Å². The molecular formula is C12H19F3N2O.